The van der Waals surface area contributed by atoms with Crippen molar-refractivity contribution in [2.75, 3.05) is 13.1 Å². The van der Waals surface area contributed by atoms with Crippen LogP contribution >= 0.6 is 11.3 Å². The van der Waals surface area contributed by atoms with Crippen molar-refractivity contribution in [1.82, 2.24) is 9.88 Å². The van der Waals surface area contributed by atoms with E-state index in [9.17, 15) is 0 Å². The fraction of sp³-hybridized carbons (Fsp3) is 0.286. The summed E-state index contributed by atoms with van der Waals surface area (Å²) in [4.78, 5) is 8.09. The minimum absolute atomic E-state index is 0.259. The topological polar surface area (TPSA) is 25.4 Å². The van der Waals surface area contributed by atoms with Crippen molar-refractivity contribution in [2.24, 2.45) is 0 Å². The first-order valence-electron chi connectivity index (χ1n) is 8.71. The molecule has 0 bridgehead atoms. The molecule has 4 rings (SSSR count). The molecule has 2 aromatic heterocycles. The van der Waals surface area contributed by atoms with Gasteiger partial charge in [-0.1, -0.05) is 30.3 Å². The molecule has 3 heterocycles. The molecule has 0 radical (unpaired) electrons. The first-order valence-corrected chi connectivity index (χ1v) is 9.59. The Hall–Kier alpha value is -2.17. The normalized spacial score (nSPS) is 17.7. The number of rotatable bonds is 5. The zero-order chi connectivity index (χ0) is 17.1. The van der Waals surface area contributed by atoms with Gasteiger partial charge in [-0.25, -0.2) is 0 Å². The Kier molecular flexibility index (Phi) is 4.81. The zero-order valence-electron chi connectivity index (χ0n) is 14.4. The number of aromatic nitrogens is 1. The molecule has 1 atom stereocenters. The number of thiophene rings is 1. The molecule has 128 valence electrons. The summed E-state index contributed by atoms with van der Waals surface area (Å²) >= 11 is 1.78. The van der Waals surface area contributed by atoms with Crippen LogP contribution in [0.3, 0.4) is 0 Å². The van der Waals surface area contributed by atoms with Gasteiger partial charge in [-0.2, -0.15) is 0 Å². The molecular weight excluding hydrogens is 328 g/mol. The zero-order valence-corrected chi connectivity index (χ0v) is 15.2. The Balaban J connectivity index is 1.32. The first-order chi connectivity index (χ1) is 12.3. The molecule has 1 aliphatic rings. The first kappa shape index (κ1) is 16.3. The number of ether oxygens (including phenoxy) is 1. The van der Waals surface area contributed by atoms with E-state index in [1.54, 1.807) is 11.3 Å². The lowest BCUT2D eigenvalue weighted by Gasteiger charge is -2.17. The van der Waals surface area contributed by atoms with E-state index in [1.165, 1.54) is 16.0 Å². The second-order valence-corrected chi connectivity index (χ2v) is 7.52. The van der Waals surface area contributed by atoms with Gasteiger partial charge in [-0.15, -0.1) is 11.3 Å². The van der Waals surface area contributed by atoms with Crippen molar-refractivity contribution >= 4 is 11.3 Å². The number of benzene rings is 1. The van der Waals surface area contributed by atoms with Crippen LogP contribution in [0.2, 0.25) is 0 Å². The molecule has 0 spiro atoms. The van der Waals surface area contributed by atoms with Crippen molar-refractivity contribution < 1.29 is 4.74 Å². The monoisotopic (exact) mass is 350 g/mol. The third-order valence-corrected chi connectivity index (χ3v) is 5.50. The molecule has 1 unspecified atom stereocenters. The van der Waals surface area contributed by atoms with Crippen molar-refractivity contribution in [1.29, 1.82) is 0 Å². The third kappa shape index (κ3) is 4.09. The summed E-state index contributed by atoms with van der Waals surface area (Å²) in [6.45, 7) is 5.03. The summed E-state index contributed by atoms with van der Waals surface area (Å²) in [5.41, 5.74) is 3.68. The van der Waals surface area contributed by atoms with Crippen molar-refractivity contribution in [3.05, 3.63) is 71.4 Å². The molecular formula is C21H22N2OS. The molecule has 0 N–H and O–H groups in total. The predicted octanol–water partition coefficient (Wildman–Crippen LogP) is 4.77. The van der Waals surface area contributed by atoms with Crippen LogP contribution in [-0.4, -0.2) is 29.1 Å². The lowest BCUT2D eigenvalue weighted by molar-refractivity contribution is 0.197. The second kappa shape index (κ2) is 7.38. The van der Waals surface area contributed by atoms with Crippen molar-refractivity contribution in [2.45, 2.75) is 26.0 Å². The van der Waals surface area contributed by atoms with Gasteiger partial charge >= 0.3 is 0 Å². The van der Waals surface area contributed by atoms with E-state index >= 15 is 0 Å². The summed E-state index contributed by atoms with van der Waals surface area (Å²) in [6, 6.07) is 17.2. The maximum absolute atomic E-state index is 6.06. The fourth-order valence-electron chi connectivity index (χ4n) is 3.23. The number of pyridine rings is 1. The van der Waals surface area contributed by atoms with Gasteiger partial charge in [0.25, 0.3) is 0 Å². The van der Waals surface area contributed by atoms with Crippen LogP contribution in [0.15, 0.2) is 60.1 Å². The smallest absolute Gasteiger partial charge is 0.138 e. The van der Waals surface area contributed by atoms with E-state index in [0.29, 0.717) is 0 Å². The Morgan fingerprint density at radius 3 is 2.76 bits per heavy atom. The summed E-state index contributed by atoms with van der Waals surface area (Å²) in [5.74, 6) is 0.873. The van der Waals surface area contributed by atoms with Crippen LogP contribution in [0, 0.1) is 6.92 Å². The van der Waals surface area contributed by atoms with E-state index in [1.807, 2.05) is 25.3 Å². The van der Waals surface area contributed by atoms with E-state index in [4.69, 9.17) is 4.74 Å². The number of hydrogen-bond donors (Lipinski definition) is 0. The van der Waals surface area contributed by atoms with Crippen molar-refractivity contribution in [3.63, 3.8) is 0 Å². The van der Waals surface area contributed by atoms with Gasteiger partial charge in [0.15, 0.2) is 0 Å². The predicted molar refractivity (Wildman–Crippen MR) is 103 cm³/mol. The summed E-state index contributed by atoms with van der Waals surface area (Å²) in [7, 11) is 0. The Bertz CT molecular complexity index is 797. The maximum Gasteiger partial charge on any atom is 0.138 e. The second-order valence-electron chi connectivity index (χ2n) is 6.57. The van der Waals surface area contributed by atoms with Crippen LogP contribution in [0.25, 0.3) is 10.4 Å². The van der Waals surface area contributed by atoms with Crippen LogP contribution in [0.5, 0.6) is 5.75 Å². The Morgan fingerprint density at radius 1 is 1.16 bits per heavy atom. The maximum atomic E-state index is 6.06. The van der Waals surface area contributed by atoms with Gasteiger partial charge in [0.2, 0.25) is 0 Å². The average Bonchev–Trinajstić information content (AvgIpc) is 3.30. The molecule has 3 aromatic rings. The largest absolute Gasteiger partial charge is 0.487 e. The lowest BCUT2D eigenvalue weighted by Crippen LogP contribution is -2.24. The standard InChI is InChI=1S/C21H22N2OS/c1-16-4-9-19(13-22-16)24-20-10-11-23(15-20)14-17-5-7-18(8-6-17)21-3-2-12-25-21/h2-9,12-13,20H,10-11,14-15H2,1H3. The SMILES string of the molecule is Cc1ccc(OC2CCN(Cc3ccc(-c4cccs4)cc3)C2)cn1. The van der Waals surface area contributed by atoms with E-state index < -0.39 is 0 Å². The minimum atomic E-state index is 0.259. The van der Waals surface area contributed by atoms with Gasteiger partial charge in [-0.05, 0) is 48.1 Å². The van der Waals surface area contributed by atoms with E-state index in [2.05, 4.69) is 51.7 Å². The summed E-state index contributed by atoms with van der Waals surface area (Å²) in [6.07, 6.45) is 3.15. The molecule has 3 nitrogen and oxygen atoms in total. The fourth-order valence-corrected chi connectivity index (χ4v) is 3.96. The molecule has 1 saturated heterocycles. The highest BCUT2D eigenvalue weighted by Crippen LogP contribution is 2.25. The third-order valence-electron chi connectivity index (χ3n) is 4.58. The molecule has 1 fully saturated rings. The van der Waals surface area contributed by atoms with Gasteiger partial charge in [0, 0.05) is 30.2 Å². The molecule has 0 amide bonds. The minimum Gasteiger partial charge on any atom is -0.487 e. The number of hydrogen-bond acceptors (Lipinski definition) is 4. The number of likely N-dealkylation sites (tertiary alicyclic amines) is 1. The van der Waals surface area contributed by atoms with E-state index in [0.717, 1.165) is 37.5 Å². The van der Waals surface area contributed by atoms with E-state index in [-0.39, 0.29) is 6.10 Å². The molecule has 1 aliphatic heterocycles. The highest BCUT2D eigenvalue weighted by molar-refractivity contribution is 7.13. The number of aryl methyl sites for hydroxylation is 1. The summed E-state index contributed by atoms with van der Waals surface area (Å²) in [5, 5.41) is 2.12. The van der Waals surface area contributed by atoms with Crippen LogP contribution in [-0.2, 0) is 6.54 Å². The summed E-state index contributed by atoms with van der Waals surface area (Å²) < 4.78 is 6.06. The molecule has 25 heavy (non-hydrogen) atoms. The van der Waals surface area contributed by atoms with Crippen LogP contribution < -0.4 is 4.74 Å². The highest BCUT2D eigenvalue weighted by atomic mass is 32.1. The van der Waals surface area contributed by atoms with Gasteiger partial charge in [-0.3, -0.25) is 9.88 Å². The lowest BCUT2D eigenvalue weighted by atomic mass is 10.1. The van der Waals surface area contributed by atoms with Gasteiger partial charge in [0.1, 0.15) is 11.9 Å². The number of nitrogens with zero attached hydrogens (tertiary/aromatic N) is 2. The van der Waals surface area contributed by atoms with Crippen molar-refractivity contribution in [3.8, 4) is 16.2 Å². The van der Waals surface area contributed by atoms with Crippen LogP contribution in [0.4, 0.5) is 0 Å². The van der Waals surface area contributed by atoms with Gasteiger partial charge < -0.3 is 4.74 Å². The quantitative estimate of drug-likeness (QED) is 0.663. The molecule has 0 aliphatic carbocycles. The molecule has 0 saturated carbocycles. The Labute approximate surface area is 152 Å². The Morgan fingerprint density at radius 2 is 2.04 bits per heavy atom. The molecule has 4 heteroatoms. The average molecular weight is 350 g/mol. The molecule has 1 aromatic carbocycles. The van der Waals surface area contributed by atoms with Crippen LogP contribution in [0.1, 0.15) is 17.7 Å². The highest BCUT2D eigenvalue weighted by Gasteiger charge is 2.24. The van der Waals surface area contributed by atoms with Gasteiger partial charge in [0.05, 0.1) is 6.20 Å².